The number of carbonyl (C=O) groups is 1. The third kappa shape index (κ3) is 4.33. The Hall–Kier alpha value is -2.74. The number of amides is 1. The second kappa shape index (κ2) is 8.30. The first-order valence-electron chi connectivity index (χ1n) is 9.10. The average molecular weight is 383 g/mol. The van der Waals surface area contributed by atoms with Gasteiger partial charge < -0.3 is 14.3 Å². The van der Waals surface area contributed by atoms with Gasteiger partial charge in [0.25, 0.3) is 0 Å². The van der Waals surface area contributed by atoms with Crippen LogP contribution in [0.5, 0.6) is 0 Å². The second-order valence-electron chi connectivity index (χ2n) is 6.41. The average Bonchev–Trinajstić information content (AvgIpc) is 3.41. The standard InChI is InChI=1S/C19H21N5O2S/c25-17(23-10-12-24(13-11-23)19-20-9-14-27-19)8-4-7-16-21-18(22-26-16)15-5-2-1-3-6-15/h1-3,5-6,9,14H,4,7-8,10-13H2. The van der Waals surface area contributed by atoms with Crippen LogP contribution in [0.25, 0.3) is 11.4 Å². The van der Waals surface area contributed by atoms with E-state index in [0.29, 0.717) is 31.0 Å². The number of nitrogens with zero attached hydrogens (tertiary/aromatic N) is 5. The Kier molecular flexibility index (Phi) is 5.43. The Morgan fingerprint density at radius 2 is 1.96 bits per heavy atom. The highest BCUT2D eigenvalue weighted by atomic mass is 32.1. The lowest BCUT2D eigenvalue weighted by Gasteiger charge is -2.34. The topological polar surface area (TPSA) is 75.4 Å². The van der Waals surface area contributed by atoms with Crippen LogP contribution in [0.15, 0.2) is 46.4 Å². The summed E-state index contributed by atoms with van der Waals surface area (Å²) in [4.78, 5) is 25.4. The van der Waals surface area contributed by atoms with Crippen LogP contribution in [-0.4, -0.2) is 52.1 Å². The summed E-state index contributed by atoms with van der Waals surface area (Å²) >= 11 is 1.64. The van der Waals surface area contributed by atoms with Crippen LogP contribution < -0.4 is 4.90 Å². The van der Waals surface area contributed by atoms with Gasteiger partial charge in [-0.05, 0) is 6.42 Å². The summed E-state index contributed by atoms with van der Waals surface area (Å²) in [7, 11) is 0. The second-order valence-corrected chi connectivity index (χ2v) is 7.29. The molecule has 0 unspecified atom stereocenters. The molecular formula is C19H21N5O2S. The molecule has 0 atom stereocenters. The van der Waals surface area contributed by atoms with Crippen molar-refractivity contribution < 1.29 is 9.32 Å². The molecule has 0 aliphatic carbocycles. The highest BCUT2D eigenvalue weighted by Crippen LogP contribution is 2.19. The van der Waals surface area contributed by atoms with E-state index in [0.717, 1.165) is 36.9 Å². The maximum atomic E-state index is 12.4. The van der Waals surface area contributed by atoms with E-state index in [1.54, 1.807) is 11.3 Å². The molecule has 1 aliphatic heterocycles. The Balaban J connectivity index is 1.22. The van der Waals surface area contributed by atoms with E-state index in [9.17, 15) is 4.79 Å². The van der Waals surface area contributed by atoms with Crippen LogP contribution in [-0.2, 0) is 11.2 Å². The molecule has 0 saturated carbocycles. The molecule has 1 fully saturated rings. The minimum Gasteiger partial charge on any atom is -0.345 e. The van der Waals surface area contributed by atoms with E-state index in [-0.39, 0.29) is 5.91 Å². The van der Waals surface area contributed by atoms with Gasteiger partial charge in [0, 0.05) is 56.2 Å². The SMILES string of the molecule is O=C(CCCc1nc(-c2ccccc2)no1)N1CCN(c2nccs2)CC1. The minimum absolute atomic E-state index is 0.191. The van der Waals surface area contributed by atoms with Gasteiger partial charge in [-0.25, -0.2) is 4.98 Å². The quantitative estimate of drug-likeness (QED) is 0.652. The molecule has 3 aromatic rings. The van der Waals surface area contributed by atoms with Crippen molar-refractivity contribution in [2.45, 2.75) is 19.3 Å². The van der Waals surface area contributed by atoms with Gasteiger partial charge in [-0.2, -0.15) is 4.98 Å². The fourth-order valence-corrected chi connectivity index (χ4v) is 3.83. The number of benzene rings is 1. The monoisotopic (exact) mass is 383 g/mol. The summed E-state index contributed by atoms with van der Waals surface area (Å²) in [6.07, 6.45) is 3.64. The Morgan fingerprint density at radius 1 is 1.15 bits per heavy atom. The number of aromatic nitrogens is 3. The summed E-state index contributed by atoms with van der Waals surface area (Å²) in [5.74, 6) is 1.36. The van der Waals surface area contributed by atoms with Gasteiger partial charge in [-0.1, -0.05) is 35.5 Å². The Labute approximate surface area is 161 Å². The molecule has 0 spiro atoms. The largest absolute Gasteiger partial charge is 0.345 e. The number of carbonyl (C=O) groups excluding carboxylic acids is 1. The molecule has 8 heteroatoms. The first-order chi connectivity index (χ1) is 13.3. The Bertz CT molecular complexity index is 857. The summed E-state index contributed by atoms with van der Waals surface area (Å²) < 4.78 is 5.30. The number of hydrogen-bond donors (Lipinski definition) is 0. The predicted molar refractivity (Wildman–Crippen MR) is 104 cm³/mol. The molecule has 0 bridgehead atoms. The molecule has 0 N–H and O–H groups in total. The molecule has 140 valence electrons. The number of hydrogen-bond acceptors (Lipinski definition) is 7. The van der Waals surface area contributed by atoms with Crippen LogP contribution >= 0.6 is 11.3 Å². The van der Waals surface area contributed by atoms with Gasteiger partial charge in [0.1, 0.15) is 0 Å². The number of rotatable bonds is 6. The fraction of sp³-hybridized carbons (Fsp3) is 0.368. The van der Waals surface area contributed by atoms with Crippen molar-refractivity contribution in [2.24, 2.45) is 0 Å². The molecule has 1 amide bonds. The molecule has 4 rings (SSSR count). The molecular weight excluding hydrogens is 362 g/mol. The molecule has 0 radical (unpaired) electrons. The van der Waals surface area contributed by atoms with Crippen LogP contribution in [0.2, 0.25) is 0 Å². The summed E-state index contributed by atoms with van der Waals surface area (Å²) in [6, 6.07) is 9.73. The van der Waals surface area contributed by atoms with Crippen molar-refractivity contribution in [3.63, 3.8) is 0 Å². The van der Waals surface area contributed by atoms with Gasteiger partial charge in [0.05, 0.1) is 0 Å². The van der Waals surface area contributed by atoms with E-state index in [4.69, 9.17) is 4.52 Å². The van der Waals surface area contributed by atoms with Gasteiger partial charge >= 0.3 is 0 Å². The summed E-state index contributed by atoms with van der Waals surface area (Å²) in [5.41, 5.74) is 0.932. The highest BCUT2D eigenvalue weighted by Gasteiger charge is 2.22. The van der Waals surface area contributed by atoms with Gasteiger partial charge in [0.15, 0.2) is 5.13 Å². The van der Waals surface area contributed by atoms with Crippen molar-refractivity contribution in [3.05, 3.63) is 47.8 Å². The zero-order chi connectivity index (χ0) is 18.5. The van der Waals surface area contributed by atoms with Gasteiger partial charge in [0.2, 0.25) is 17.6 Å². The zero-order valence-corrected chi connectivity index (χ0v) is 15.8. The van der Waals surface area contributed by atoms with E-state index in [2.05, 4.69) is 20.0 Å². The number of anilines is 1. The molecule has 1 saturated heterocycles. The van der Waals surface area contributed by atoms with Crippen molar-refractivity contribution >= 4 is 22.4 Å². The highest BCUT2D eigenvalue weighted by molar-refractivity contribution is 7.13. The lowest BCUT2D eigenvalue weighted by Crippen LogP contribution is -2.48. The van der Waals surface area contributed by atoms with E-state index in [1.165, 1.54) is 0 Å². The van der Waals surface area contributed by atoms with E-state index in [1.807, 2.05) is 46.8 Å². The lowest BCUT2D eigenvalue weighted by atomic mass is 10.2. The smallest absolute Gasteiger partial charge is 0.226 e. The van der Waals surface area contributed by atoms with Crippen molar-refractivity contribution in [1.82, 2.24) is 20.0 Å². The maximum absolute atomic E-state index is 12.4. The van der Waals surface area contributed by atoms with E-state index < -0.39 is 0 Å². The van der Waals surface area contributed by atoms with Crippen molar-refractivity contribution in [1.29, 1.82) is 0 Å². The minimum atomic E-state index is 0.191. The fourth-order valence-electron chi connectivity index (χ4n) is 3.13. The molecule has 2 aromatic heterocycles. The van der Waals surface area contributed by atoms with Crippen LogP contribution in [0.1, 0.15) is 18.7 Å². The number of thiazole rings is 1. The Morgan fingerprint density at radius 3 is 2.70 bits per heavy atom. The molecule has 1 aliphatic rings. The van der Waals surface area contributed by atoms with Crippen molar-refractivity contribution in [3.8, 4) is 11.4 Å². The molecule has 3 heterocycles. The third-order valence-electron chi connectivity index (χ3n) is 4.60. The zero-order valence-electron chi connectivity index (χ0n) is 15.0. The van der Waals surface area contributed by atoms with Crippen LogP contribution in [0.4, 0.5) is 5.13 Å². The summed E-state index contributed by atoms with van der Waals surface area (Å²) in [6.45, 7) is 3.17. The normalized spacial score (nSPS) is 14.5. The van der Waals surface area contributed by atoms with Gasteiger partial charge in [-0.15, -0.1) is 11.3 Å². The van der Waals surface area contributed by atoms with Crippen LogP contribution in [0.3, 0.4) is 0 Å². The van der Waals surface area contributed by atoms with Crippen LogP contribution in [0, 0.1) is 0 Å². The first kappa shape index (κ1) is 17.7. The molecule has 27 heavy (non-hydrogen) atoms. The first-order valence-corrected chi connectivity index (χ1v) is 9.98. The molecule has 7 nitrogen and oxygen atoms in total. The van der Waals surface area contributed by atoms with Gasteiger partial charge in [-0.3, -0.25) is 4.79 Å². The number of piperazine rings is 1. The predicted octanol–water partition coefficient (Wildman–Crippen LogP) is 2.86. The molecule has 1 aromatic carbocycles. The number of aryl methyl sites for hydroxylation is 1. The maximum Gasteiger partial charge on any atom is 0.226 e. The third-order valence-corrected chi connectivity index (χ3v) is 5.44. The van der Waals surface area contributed by atoms with E-state index >= 15 is 0 Å². The lowest BCUT2D eigenvalue weighted by molar-refractivity contribution is -0.131. The summed E-state index contributed by atoms with van der Waals surface area (Å²) in [5, 5.41) is 7.03. The van der Waals surface area contributed by atoms with Crippen molar-refractivity contribution in [2.75, 3.05) is 31.1 Å².